The van der Waals surface area contributed by atoms with Gasteiger partial charge in [-0.25, -0.2) is 9.67 Å². The Labute approximate surface area is 108 Å². The van der Waals surface area contributed by atoms with Gasteiger partial charge in [-0.2, -0.15) is 0 Å². The number of tetrazole rings is 1. The van der Waals surface area contributed by atoms with Gasteiger partial charge in [-0.1, -0.05) is 6.07 Å². The van der Waals surface area contributed by atoms with Crippen molar-refractivity contribution >= 4 is 11.8 Å². The lowest BCUT2D eigenvalue weighted by Gasteiger charge is -2.05. The molecule has 3 rings (SSSR count). The van der Waals surface area contributed by atoms with Crippen molar-refractivity contribution in [2.24, 2.45) is 0 Å². The van der Waals surface area contributed by atoms with Crippen LogP contribution in [0.25, 0.3) is 0 Å². The second-order valence-electron chi connectivity index (χ2n) is 4.35. The Bertz CT molecular complexity index is 535. The zero-order valence-electron chi connectivity index (χ0n) is 9.89. The molecule has 1 aliphatic rings. The van der Waals surface area contributed by atoms with Crippen molar-refractivity contribution < 1.29 is 5.11 Å². The smallest absolute Gasteiger partial charge is 0.215 e. The Hall–Kier alpha value is -1.47. The van der Waals surface area contributed by atoms with Gasteiger partial charge in [0.15, 0.2) is 0 Å². The molecule has 7 heteroatoms. The Kier molecular flexibility index (Phi) is 3.00. The van der Waals surface area contributed by atoms with Crippen LogP contribution in [-0.4, -0.2) is 30.3 Å². The van der Waals surface area contributed by atoms with Crippen molar-refractivity contribution in [3.05, 3.63) is 23.9 Å². The van der Waals surface area contributed by atoms with Gasteiger partial charge in [-0.05, 0) is 53.6 Å². The molecule has 94 valence electrons. The maximum absolute atomic E-state index is 9.41. The highest BCUT2D eigenvalue weighted by Gasteiger charge is 2.28. The normalized spacial score (nSPS) is 16.8. The number of aliphatic hydroxyl groups excluding tert-OH is 1. The second-order valence-corrected chi connectivity index (χ2v) is 5.33. The fraction of sp³-hybridized carbons (Fsp3) is 0.455. The van der Waals surface area contributed by atoms with Crippen molar-refractivity contribution in [3.8, 4) is 0 Å². The highest BCUT2D eigenvalue weighted by atomic mass is 32.2. The second kappa shape index (κ2) is 4.66. The molecule has 1 atom stereocenters. The van der Waals surface area contributed by atoms with Crippen molar-refractivity contribution in [3.63, 3.8) is 0 Å². The fourth-order valence-corrected chi connectivity index (χ4v) is 2.38. The van der Waals surface area contributed by atoms with E-state index in [2.05, 4.69) is 20.5 Å². The summed E-state index contributed by atoms with van der Waals surface area (Å²) in [6.45, 7) is 1.72. The maximum atomic E-state index is 9.41. The van der Waals surface area contributed by atoms with Gasteiger partial charge >= 0.3 is 0 Å². The summed E-state index contributed by atoms with van der Waals surface area (Å²) in [5.41, 5.74) is 0.807. The Morgan fingerprint density at radius 3 is 2.89 bits per heavy atom. The summed E-state index contributed by atoms with van der Waals surface area (Å²) >= 11 is 1.44. The molecule has 2 heterocycles. The monoisotopic (exact) mass is 263 g/mol. The Morgan fingerprint density at radius 2 is 2.28 bits per heavy atom. The molecule has 1 saturated carbocycles. The number of nitrogens with zero attached hydrogens (tertiary/aromatic N) is 5. The molecule has 6 nitrogen and oxygen atoms in total. The molecule has 18 heavy (non-hydrogen) atoms. The van der Waals surface area contributed by atoms with Crippen LogP contribution in [0.1, 0.15) is 37.5 Å². The summed E-state index contributed by atoms with van der Waals surface area (Å²) < 4.78 is 1.86. The molecular formula is C11H13N5OS. The van der Waals surface area contributed by atoms with Crippen LogP contribution in [0, 0.1) is 0 Å². The average Bonchev–Trinajstić information content (AvgIpc) is 3.11. The van der Waals surface area contributed by atoms with E-state index in [9.17, 15) is 5.11 Å². The zero-order valence-corrected chi connectivity index (χ0v) is 10.7. The van der Waals surface area contributed by atoms with Crippen molar-refractivity contribution in [2.75, 3.05) is 0 Å². The standard InChI is InChI=1S/C11H13N5OS/c1-7(17)8-2-5-10(12-6-8)18-11-13-14-15-16(11)9-3-4-9/h2,5-7,9,17H,3-4H2,1H3/t7-/m1/s1. The Balaban J connectivity index is 1.77. The van der Waals surface area contributed by atoms with E-state index >= 15 is 0 Å². The van der Waals surface area contributed by atoms with E-state index in [-0.39, 0.29) is 0 Å². The average molecular weight is 263 g/mol. The molecule has 2 aromatic heterocycles. The van der Waals surface area contributed by atoms with Gasteiger partial charge in [0.2, 0.25) is 5.16 Å². The molecule has 0 aliphatic heterocycles. The summed E-state index contributed by atoms with van der Waals surface area (Å²) in [5.74, 6) is 0. The van der Waals surface area contributed by atoms with Crippen LogP contribution < -0.4 is 0 Å². The molecule has 0 saturated heterocycles. The first-order valence-electron chi connectivity index (χ1n) is 5.84. The molecule has 0 spiro atoms. The number of hydrogen-bond acceptors (Lipinski definition) is 6. The van der Waals surface area contributed by atoms with E-state index in [0.717, 1.165) is 28.6 Å². The third-order valence-electron chi connectivity index (χ3n) is 2.79. The minimum absolute atomic E-state index is 0.458. The molecule has 0 unspecified atom stereocenters. The third-order valence-corrected chi connectivity index (χ3v) is 3.69. The molecule has 0 radical (unpaired) electrons. The van der Waals surface area contributed by atoms with Gasteiger partial charge in [0, 0.05) is 6.20 Å². The number of aromatic nitrogens is 5. The summed E-state index contributed by atoms with van der Waals surface area (Å²) in [6.07, 6.45) is 3.48. The van der Waals surface area contributed by atoms with Gasteiger partial charge in [-0.15, -0.1) is 5.10 Å². The number of pyridine rings is 1. The van der Waals surface area contributed by atoms with Crippen LogP contribution >= 0.6 is 11.8 Å². The SMILES string of the molecule is C[C@@H](O)c1ccc(Sc2nnnn2C2CC2)nc1. The molecule has 1 fully saturated rings. The van der Waals surface area contributed by atoms with Gasteiger partial charge < -0.3 is 5.11 Å². The summed E-state index contributed by atoms with van der Waals surface area (Å²) in [6, 6.07) is 4.20. The lowest BCUT2D eigenvalue weighted by molar-refractivity contribution is 0.198. The third kappa shape index (κ3) is 2.37. The first kappa shape index (κ1) is 11.6. The Morgan fingerprint density at radius 1 is 1.44 bits per heavy atom. The zero-order chi connectivity index (χ0) is 12.5. The van der Waals surface area contributed by atoms with Crippen molar-refractivity contribution in [1.82, 2.24) is 25.2 Å². The van der Waals surface area contributed by atoms with Crippen molar-refractivity contribution in [2.45, 2.75) is 42.1 Å². The fourth-order valence-electron chi connectivity index (χ4n) is 1.59. The van der Waals surface area contributed by atoms with Crippen LogP contribution in [0.2, 0.25) is 0 Å². The van der Waals surface area contributed by atoms with Gasteiger partial charge in [0.1, 0.15) is 5.03 Å². The lowest BCUT2D eigenvalue weighted by Crippen LogP contribution is -1.99. The number of hydrogen-bond donors (Lipinski definition) is 1. The van der Waals surface area contributed by atoms with Gasteiger partial charge in [0.05, 0.1) is 12.1 Å². The molecule has 2 aromatic rings. The molecule has 1 aliphatic carbocycles. The van der Waals surface area contributed by atoms with E-state index in [1.807, 2.05) is 16.8 Å². The summed E-state index contributed by atoms with van der Waals surface area (Å²) in [7, 11) is 0. The quantitative estimate of drug-likeness (QED) is 0.903. The first-order valence-corrected chi connectivity index (χ1v) is 6.65. The highest BCUT2D eigenvalue weighted by molar-refractivity contribution is 7.99. The minimum atomic E-state index is -0.492. The maximum Gasteiger partial charge on any atom is 0.215 e. The van der Waals surface area contributed by atoms with E-state index in [1.165, 1.54) is 11.8 Å². The van der Waals surface area contributed by atoms with Gasteiger partial charge in [-0.3, -0.25) is 0 Å². The van der Waals surface area contributed by atoms with Gasteiger partial charge in [0.25, 0.3) is 0 Å². The first-order chi connectivity index (χ1) is 8.74. The van der Waals surface area contributed by atoms with E-state index in [0.29, 0.717) is 6.04 Å². The van der Waals surface area contributed by atoms with Crippen LogP contribution in [0.4, 0.5) is 0 Å². The topological polar surface area (TPSA) is 76.7 Å². The molecule has 0 amide bonds. The highest BCUT2D eigenvalue weighted by Crippen LogP contribution is 2.37. The van der Waals surface area contributed by atoms with Crippen LogP contribution in [0.5, 0.6) is 0 Å². The van der Waals surface area contributed by atoms with Crippen LogP contribution in [-0.2, 0) is 0 Å². The van der Waals surface area contributed by atoms with E-state index in [1.54, 1.807) is 13.1 Å². The lowest BCUT2D eigenvalue weighted by atomic mass is 10.2. The van der Waals surface area contributed by atoms with E-state index in [4.69, 9.17) is 0 Å². The largest absolute Gasteiger partial charge is 0.389 e. The minimum Gasteiger partial charge on any atom is -0.389 e. The summed E-state index contributed by atoms with van der Waals surface area (Å²) in [5, 5.41) is 22.7. The van der Waals surface area contributed by atoms with E-state index < -0.39 is 6.10 Å². The predicted molar refractivity (Wildman–Crippen MR) is 65.1 cm³/mol. The molecular weight excluding hydrogens is 250 g/mol. The van der Waals surface area contributed by atoms with Crippen LogP contribution in [0.15, 0.2) is 28.5 Å². The number of aliphatic hydroxyl groups is 1. The number of rotatable bonds is 4. The molecule has 0 bridgehead atoms. The molecule has 0 aromatic carbocycles. The van der Waals surface area contributed by atoms with Crippen LogP contribution in [0.3, 0.4) is 0 Å². The van der Waals surface area contributed by atoms with Crippen molar-refractivity contribution in [1.29, 1.82) is 0 Å². The molecule has 1 N–H and O–H groups in total. The predicted octanol–water partition coefficient (Wildman–Crippen LogP) is 1.61. The summed E-state index contributed by atoms with van der Waals surface area (Å²) in [4.78, 5) is 4.29.